The smallest absolute Gasteiger partial charge is 0.253 e. The summed E-state index contributed by atoms with van der Waals surface area (Å²) in [5.41, 5.74) is 2.43. The maximum Gasteiger partial charge on any atom is 0.253 e. The summed E-state index contributed by atoms with van der Waals surface area (Å²) in [6.07, 6.45) is 2.35. The van der Waals surface area contributed by atoms with Gasteiger partial charge in [-0.2, -0.15) is 0 Å². The van der Waals surface area contributed by atoms with Gasteiger partial charge in [0.25, 0.3) is 5.91 Å². The monoisotopic (exact) mass is 468 g/mol. The Balaban J connectivity index is 1.80. The molecule has 33 heavy (non-hydrogen) atoms. The fourth-order valence-corrected chi connectivity index (χ4v) is 5.15. The first kappa shape index (κ1) is 23.8. The van der Waals surface area contributed by atoms with E-state index < -0.39 is 11.8 Å². The van der Waals surface area contributed by atoms with Crippen LogP contribution in [0.15, 0.2) is 47.4 Å². The molecule has 0 radical (unpaired) electrons. The molecule has 3 aromatic rings. The summed E-state index contributed by atoms with van der Waals surface area (Å²) in [4.78, 5) is 14.0. The molecule has 1 heterocycles. The summed E-state index contributed by atoms with van der Waals surface area (Å²) >= 11 is 4.63. The predicted molar refractivity (Wildman–Crippen MR) is 135 cm³/mol. The molecular formula is C27H33FN2O2S. The largest absolute Gasteiger partial charge is 0.389 e. The van der Waals surface area contributed by atoms with Gasteiger partial charge in [-0.25, -0.2) is 4.39 Å². The van der Waals surface area contributed by atoms with Crippen LogP contribution in [0.2, 0.25) is 0 Å². The third-order valence-corrected chi connectivity index (χ3v) is 7.02. The molecular weight excluding hydrogens is 435 g/mol. The van der Waals surface area contributed by atoms with Crippen molar-refractivity contribution in [3.8, 4) is 11.3 Å². The minimum Gasteiger partial charge on any atom is -0.389 e. The van der Waals surface area contributed by atoms with E-state index in [0.717, 1.165) is 45.5 Å². The summed E-state index contributed by atoms with van der Waals surface area (Å²) in [6.45, 7) is 6.12. The number of halogens is 1. The summed E-state index contributed by atoms with van der Waals surface area (Å²) in [5, 5.41) is 15.0. The van der Waals surface area contributed by atoms with Gasteiger partial charge in [0.05, 0.1) is 11.2 Å². The van der Waals surface area contributed by atoms with E-state index in [1.165, 1.54) is 0 Å². The van der Waals surface area contributed by atoms with Gasteiger partial charge in [-0.3, -0.25) is 4.79 Å². The highest BCUT2D eigenvalue weighted by atomic mass is 32.1. The molecule has 0 saturated heterocycles. The Morgan fingerprint density at radius 1 is 1.21 bits per heavy atom. The van der Waals surface area contributed by atoms with Gasteiger partial charge >= 0.3 is 0 Å². The molecule has 2 atom stereocenters. The number of rotatable bonds is 6. The van der Waals surface area contributed by atoms with Gasteiger partial charge in [0.1, 0.15) is 6.17 Å². The molecule has 2 N–H and O–H groups in total. The quantitative estimate of drug-likeness (QED) is 0.393. The second-order valence-electron chi connectivity index (χ2n) is 9.94. The second-order valence-corrected chi connectivity index (χ2v) is 10.4. The molecule has 2 aromatic carbocycles. The van der Waals surface area contributed by atoms with Crippen molar-refractivity contribution in [2.75, 3.05) is 6.54 Å². The van der Waals surface area contributed by atoms with Crippen LogP contribution in [0.4, 0.5) is 4.39 Å². The average Bonchev–Trinajstić information content (AvgIpc) is 3.08. The molecule has 1 fully saturated rings. The van der Waals surface area contributed by atoms with E-state index in [0.29, 0.717) is 24.9 Å². The fraction of sp³-hybridized carbons (Fsp3) is 0.444. The Morgan fingerprint density at radius 2 is 1.94 bits per heavy atom. The normalized spacial score (nSPS) is 19.1. The molecule has 176 valence electrons. The standard InChI is InChI=1S/C27H33FN2O2S/c1-17-23(26(31)29-16-27(2,3)32)14-24(30(17)15-18-7-6-8-19(28)13-18)21-11-12-25(33)22-10-5-4-9-20(21)22/h4-5,9-12,14,18-19,32-33H,6-8,13,15-16H2,1-3H3,(H,29,31). The minimum absolute atomic E-state index is 0.162. The van der Waals surface area contributed by atoms with Gasteiger partial charge in [0, 0.05) is 34.9 Å². The van der Waals surface area contributed by atoms with Crippen LogP contribution in [0, 0.1) is 12.8 Å². The third-order valence-electron chi connectivity index (χ3n) is 6.63. The van der Waals surface area contributed by atoms with Crippen LogP contribution in [0.25, 0.3) is 22.0 Å². The molecule has 1 amide bonds. The minimum atomic E-state index is -0.994. The molecule has 0 aliphatic heterocycles. The highest BCUT2D eigenvalue weighted by Gasteiger charge is 2.26. The maximum atomic E-state index is 14.2. The van der Waals surface area contributed by atoms with Crippen molar-refractivity contribution in [2.24, 2.45) is 5.92 Å². The van der Waals surface area contributed by atoms with Crippen LogP contribution < -0.4 is 5.32 Å². The van der Waals surface area contributed by atoms with E-state index >= 15 is 0 Å². The lowest BCUT2D eigenvalue weighted by molar-refractivity contribution is 0.0694. The first-order valence-electron chi connectivity index (χ1n) is 11.7. The first-order chi connectivity index (χ1) is 15.6. The number of aliphatic hydroxyl groups is 1. The Labute approximate surface area is 200 Å². The van der Waals surface area contributed by atoms with Crippen LogP contribution in [0.1, 0.15) is 55.6 Å². The molecule has 1 aromatic heterocycles. The number of aromatic nitrogens is 1. The number of amides is 1. The number of carbonyl (C=O) groups is 1. The lowest BCUT2D eigenvalue weighted by Gasteiger charge is -2.26. The van der Waals surface area contributed by atoms with Crippen LogP contribution in [0.3, 0.4) is 0 Å². The van der Waals surface area contributed by atoms with E-state index in [4.69, 9.17) is 0 Å². The lowest BCUT2D eigenvalue weighted by Crippen LogP contribution is -2.38. The van der Waals surface area contributed by atoms with E-state index in [9.17, 15) is 14.3 Å². The number of nitrogens with one attached hydrogen (secondary N) is 1. The zero-order valence-electron chi connectivity index (χ0n) is 19.6. The third kappa shape index (κ3) is 5.28. The van der Waals surface area contributed by atoms with Crippen molar-refractivity contribution in [1.29, 1.82) is 0 Å². The number of nitrogens with zero attached hydrogens (tertiary/aromatic N) is 1. The number of fused-ring (bicyclic) bond motifs is 1. The van der Waals surface area contributed by atoms with E-state index in [1.807, 2.05) is 43.3 Å². The highest BCUT2D eigenvalue weighted by Crippen LogP contribution is 2.36. The zero-order valence-corrected chi connectivity index (χ0v) is 20.5. The molecule has 2 unspecified atom stereocenters. The van der Waals surface area contributed by atoms with Crippen LogP contribution in [0.5, 0.6) is 0 Å². The van der Waals surface area contributed by atoms with Gasteiger partial charge in [0.15, 0.2) is 0 Å². The van der Waals surface area contributed by atoms with Crippen molar-refractivity contribution >= 4 is 29.3 Å². The van der Waals surface area contributed by atoms with Gasteiger partial charge in [-0.15, -0.1) is 12.6 Å². The first-order valence-corrected chi connectivity index (χ1v) is 12.1. The average molecular weight is 469 g/mol. The van der Waals surface area contributed by atoms with Gasteiger partial charge in [-0.05, 0) is 68.9 Å². The van der Waals surface area contributed by atoms with E-state index in [2.05, 4.69) is 28.6 Å². The van der Waals surface area contributed by atoms with Crippen LogP contribution in [-0.4, -0.2) is 33.9 Å². The van der Waals surface area contributed by atoms with Crippen molar-refractivity contribution in [3.63, 3.8) is 0 Å². The van der Waals surface area contributed by atoms with Crippen molar-refractivity contribution in [2.45, 2.75) is 69.7 Å². The number of benzene rings is 2. The van der Waals surface area contributed by atoms with Gasteiger partial charge in [-0.1, -0.05) is 36.8 Å². The number of alkyl halides is 1. The topological polar surface area (TPSA) is 54.3 Å². The number of carbonyl (C=O) groups excluding carboxylic acids is 1. The van der Waals surface area contributed by atoms with Crippen molar-refractivity contribution in [1.82, 2.24) is 9.88 Å². The Kier molecular flexibility index (Phi) is 6.87. The van der Waals surface area contributed by atoms with Gasteiger partial charge in [0.2, 0.25) is 0 Å². The zero-order chi connectivity index (χ0) is 23.8. The lowest BCUT2D eigenvalue weighted by atomic mass is 9.88. The Hall–Kier alpha value is -2.31. The maximum absolute atomic E-state index is 14.2. The number of hydrogen-bond acceptors (Lipinski definition) is 3. The summed E-state index contributed by atoms with van der Waals surface area (Å²) in [5.74, 6) is 0.0260. The van der Waals surface area contributed by atoms with Crippen LogP contribution >= 0.6 is 12.6 Å². The molecule has 6 heteroatoms. The molecule has 0 bridgehead atoms. The molecule has 1 aliphatic rings. The highest BCUT2D eigenvalue weighted by molar-refractivity contribution is 7.80. The molecule has 4 rings (SSSR count). The molecule has 0 spiro atoms. The van der Waals surface area contributed by atoms with Crippen LogP contribution in [-0.2, 0) is 6.54 Å². The fourth-order valence-electron chi connectivity index (χ4n) is 4.88. The van der Waals surface area contributed by atoms with Gasteiger partial charge < -0.3 is 15.0 Å². The molecule has 1 aliphatic carbocycles. The predicted octanol–water partition coefficient (Wildman–Crippen LogP) is 5.93. The summed E-state index contributed by atoms with van der Waals surface area (Å²) in [7, 11) is 0. The second kappa shape index (κ2) is 9.51. The summed E-state index contributed by atoms with van der Waals surface area (Å²) in [6, 6.07) is 14.1. The van der Waals surface area contributed by atoms with Crippen molar-refractivity contribution < 1.29 is 14.3 Å². The van der Waals surface area contributed by atoms with Crippen molar-refractivity contribution in [3.05, 3.63) is 53.7 Å². The number of thiol groups is 1. The Bertz CT molecular complexity index is 1160. The SMILES string of the molecule is Cc1c(C(=O)NCC(C)(C)O)cc(-c2ccc(S)c3ccccc23)n1CC1CCCC(F)C1. The molecule has 1 saturated carbocycles. The van der Waals surface area contributed by atoms with E-state index in [1.54, 1.807) is 13.8 Å². The summed E-state index contributed by atoms with van der Waals surface area (Å²) < 4.78 is 16.3. The number of hydrogen-bond donors (Lipinski definition) is 3. The Morgan fingerprint density at radius 3 is 2.64 bits per heavy atom. The van der Waals surface area contributed by atoms with E-state index in [-0.39, 0.29) is 18.4 Å². The molecule has 4 nitrogen and oxygen atoms in total.